The van der Waals surface area contributed by atoms with Crippen LogP contribution in [0.2, 0.25) is 0 Å². The smallest absolute Gasteiger partial charge is 0.375 e. The summed E-state index contributed by atoms with van der Waals surface area (Å²) >= 11 is 0.861. The number of allylic oxidation sites excluding steroid dienone is 3. The number of nitrogens with two attached hydrogens (primary N) is 1. The van der Waals surface area contributed by atoms with Gasteiger partial charge in [0.25, 0.3) is 0 Å². The summed E-state index contributed by atoms with van der Waals surface area (Å²) in [6, 6.07) is 8.07. The third-order valence-corrected chi connectivity index (χ3v) is 12.1. The van der Waals surface area contributed by atoms with Crippen LogP contribution in [0.15, 0.2) is 64.1 Å². The van der Waals surface area contributed by atoms with Gasteiger partial charge in [-0.2, -0.15) is 9.65 Å². The number of thioether (sulfide) groups is 1. The average Bonchev–Trinajstić information content (AvgIpc) is 3.64. The van der Waals surface area contributed by atoms with Crippen LogP contribution < -0.4 is 5.32 Å². The number of fused-ring (bicyclic) bond motifs is 5. The molecule has 2 unspecified atom stereocenters. The van der Waals surface area contributed by atoms with Crippen molar-refractivity contribution in [3.05, 3.63) is 71.4 Å². The Morgan fingerprint density at radius 1 is 1.36 bits per heavy atom. The molecule has 2 aromatic rings. The summed E-state index contributed by atoms with van der Waals surface area (Å²) < 4.78 is 24.9. The number of esters is 1. The van der Waals surface area contributed by atoms with E-state index in [0.29, 0.717) is 19.3 Å². The number of carbonyl (C=O) groups is 2. The van der Waals surface area contributed by atoms with Gasteiger partial charge in [0, 0.05) is 23.3 Å². The molecule has 0 radical (unpaired) electrons. The van der Waals surface area contributed by atoms with Crippen LogP contribution in [0.1, 0.15) is 63.4 Å². The van der Waals surface area contributed by atoms with E-state index >= 15 is 0 Å². The van der Waals surface area contributed by atoms with Crippen molar-refractivity contribution in [1.29, 1.82) is 10.7 Å². The monoisotopic (exact) mass is 633 g/mol. The summed E-state index contributed by atoms with van der Waals surface area (Å²) in [5.74, 6) is -1.32. The zero-order chi connectivity index (χ0) is 32.1. The number of aliphatic hydroxyl groups excluding tert-OH is 1. The van der Waals surface area contributed by atoms with E-state index in [4.69, 9.17) is 14.6 Å². The molecule has 2 heterocycles. The lowest BCUT2D eigenvalue weighted by Gasteiger charge is -2.61. The summed E-state index contributed by atoms with van der Waals surface area (Å²) in [5, 5.41) is 31.2. The fourth-order valence-corrected chi connectivity index (χ4v) is 10.2. The van der Waals surface area contributed by atoms with Gasteiger partial charge in [-0.05, 0) is 85.5 Å². The predicted molar refractivity (Wildman–Crippen MR) is 165 cm³/mol. The van der Waals surface area contributed by atoms with Gasteiger partial charge in [0.15, 0.2) is 11.3 Å². The van der Waals surface area contributed by atoms with Crippen molar-refractivity contribution in [2.45, 2.75) is 64.6 Å². The topological polar surface area (TPSA) is 154 Å². The van der Waals surface area contributed by atoms with Crippen LogP contribution in [0.25, 0.3) is 0 Å². The molecule has 6 rings (SSSR count). The number of rotatable bonds is 7. The minimum atomic E-state index is -1.52. The summed E-state index contributed by atoms with van der Waals surface area (Å²) in [4.78, 5) is 31.0. The van der Waals surface area contributed by atoms with Crippen molar-refractivity contribution in [1.82, 2.24) is 4.98 Å². The summed E-state index contributed by atoms with van der Waals surface area (Å²) in [6.45, 7) is 6.35. The number of aliphatic hydroxyl groups is 1. The van der Waals surface area contributed by atoms with Crippen molar-refractivity contribution in [3.8, 4) is 6.07 Å². The molecule has 4 N–H and O–H groups in total. The van der Waals surface area contributed by atoms with Gasteiger partial charge >= 0.3 is 5.97 Å². The molecule has 3 fully saturated rings. The lowest BCUT2D eigenvalue weighted by molar-refractivity contribution is -0.513. The van der Waals surface area contributed by atoms with E-state index in [1.54, 1.807) is 12.1 Å². The fraction of sp³-hybridized carbons (Fsp3) is 0.500. The van der Waals surface area contributed by atoms with Gasteiger partial charge in [-0.3, -0.25) is 10.1 Å². The number of aromatic nitrogens is 1. The maximum Gasteiger partial charge on any atom is 0.375 e. The normalized spacial score (nSPS) is 35.4. The molecule has 236 valence electrons. The standard InChI is InChI=1S/C34H37FN4O5S/c1-19-13-22-23-8-9-34(31(42)45-12-10-36,44-30(41)27-5-4-11-43-27)33(23,3)16-26(40)29(22)32(2)15-20(17-37)25(14-24(19)32)39-21-6-7-28(35)38-18-21/h4-7,11,14,17-19,22-23,26,29,37,39-40H,8-9,12-13,15-16H2,1-3H3/p+1/t19-,22-,23?,26-,29?,32-,33-,34-/m0/s1. The molecular weight excluding hydrogens is 595 g/mol. The molecule has 0 saturated heterocycles. The minimum Gasteiger partial charge on any atom is -0.457 e. The Kier molecular flexibility index (Phi) is 8.13. The maximum absolute atomic E-state index is 14.0. The molecule has 11 heteroatoms. The molecule has 9 nitrogen and oxygen atoms in total. The summed E-state index contributed by atoms with van der Waals surface area (Å²) in [7, 11) is 0. The third kappa shape index (κ3) is 4.98. The Labute approximate surface area is 265 Å². The van der Waals surface area contributed by atoms with Crippen LogP contribution in [0.5, 0.6) is 0 Å². The number of pyridine rings is 1. The number of furan rings is 1. The Morgan fingerprint density at radius 3 is 2.82 bits per heavy atom. The van der Waals surface area contributed by atoms with E-state index in [2.05, 4.69) is 24.9 Å². The Balaban J connectivity index is 1.35. The van der Waals surface area contributed by atoms with E-state index in [1.807, 2.05) is 18.3 Å². The lowest BCUT2D eigenvalue weighted by Crippen LogP contribution is -2.76. The zero-order valence-corrected chi connectivity index (χ0v) is 26.4. The number of halogens is 1. The molecule has 0 aromatic carbocycles. The Bertz CT molecular complexity index is 1620. The van der Waals surface area contributed by atoms with Crippen LogP contribution in [-0.2, 0) is 9.53 Å². The highest BCUT2D eigenvalue weighted by Crippen LogP contribution is 2.69. The molecule has 0 spiro atoms. The second kappa shape index (κ2) is 11.6. The second-order valence-electron chi connectivity index (χ2n) is 13.5. The molecule has 0 aliphatic heterocycles. The molecule has 3 saturated carbocycles. The molecule has 8 atom stereocenters. The molecule has 2 aromatic heterocycles. The number of hydrogen-bond donors (Lipinski definition) is 3. The van der Waals surface area contributed by atoms with Gasteiger partial charge in [0.2, 0.25) is 16.8 Å². The van der Waals surface area contributed by atoms with Crippen molar-refractivity contribution in [3.63, 3.8) is 0 Å². The van der Waals surface area contributed by atoms with E-state index < -0.39 is 34.5 Å². The Hall–Kier alpha value is -3.59. The van der Waals surface area contributed by atoms with Gasteiger partial charge in [-0.1, -0.05) is 38.1 Å². The number of hydrogen-bond acceptors (Lipinski definition) is 9. The van der Waals surface area contributed by atoms with Crippen molar-refractivity contribution < 1.29 is 33.6 Å². The first kappa shape index (κ1) is 31.4. The molecule has 45 heavy (non-hydrogen) atoms. The van der Waals surface area contributed by atoms with E-state index in [-0.39, 0.29) is 46.7 Å². The van der Waals surface area contributed by atoms with Crippen molar-refractivity contribution in [2.24, 2.45) is 34.5 Å². The second-order valence-corrected chi connectivity index (χ2v) is 14.4. The fourth-order valence-electron chi connectivity index (χ4n) is 9.43. The van der Waals surface area contributed by atoms with Gasteiger partial charge in [-0.15, -0.1) is 0 Å². The number of carbonyl (C=O) groups excluding carboxylic acids is 2. The summed E-state index contributed by atoms with van der Waals surface area (Å²) in [6.07, 6.45) is 8.10. The van der Waals surface area contributed by atoms with Gasteiger partial charge in [-0.25, -0.2) is 9.78 Å². The molecular formula is C34H38FN4O5S+. The first-order valence-electron chi connectivity index (χ1n) is 15.4. The van der Waals surface area contributed by atoms with Gasteiger partial charge in [0.05, 0.1) is 30.4 Å². The SMILES string of the molecule is C[C@H]1C[C@@H]2C([C@@H](O)C[C@@]3(C)C2CC[C@]3(OC(=O)c2ccco2)C(=O)SCC#N)[C@@]2(C)CC(C=N)=C([NH2+]c3ccc(F)nc3)C=C12. The highest BCUT2D eigenvalue weighted by atomic mass is 32.2. The van der Waals surface area contributed by atoms with Crippen LogP contribution in [0, 0.1) is 57.2 Å². The minimum absolute atomic E-state index is 0.000449. The first-order valence-corrected chi connectivity index (χ1v) is 16.4. The number of nitrogens with one attached hydrogen (secondary N) is 1. The first-order chi connectivity index (χ1) is 21.5. The van der Waals surface area contributed by atoms with Crippen molar-refractivity contribution in [2.75, 3.05) is 5.75 Å². The number of quaternary nitrogens is 1. The molecule has 4 aliphatic rings. The van der Waals surface area contributed by atoms with Crippen molar-refractivity contribution >= 4 is 34.7 Å². The van der Waals surface area contributed by atoms with Gasteiger partial charge in [0.1, 0.15) is 5.70 Å². The summed E-state index contributed by atoms with van der Waals surface area (Å²) in [5.41, 5.74) is 0.845. The third-order valence-electron chi connectivity index (χ3n) is 11.2. The molecule has 0 amide bonds. The average molecular weight is 634 g/mol. The Morgan fingerprint density at radius 2 is 2.16 bits per heavy atom. The predicted octanol–water partition coefficient (Wildman–Crippen LogP) is 5.08. The number of nitrogens with zero attached hydrogens (tertiary/aromatic N) is 2. The largest absolute Gasteiger partial charge is 0.457 e. The van der Waals surface area contributed by atoms with Crippen LogP contribution in [0.4, 0.5) is 10.1 Å². The van der Waals surface area contributed by atoms with E-state index in [0.717, 1.165) is 35.1 Å². The molecule has 0 bridgehead atoms. The van der Waals surface area contributed by atoms with Gasteiger partial charge < -0.3 is 19.7 Å². The van der Waals surface area contributed by atoms with Crippen LogP contribution >= 0.6 is 11.8 Å². The maximum atomic E-state index is 14.0. The van der Waals surface area contributed by atoms with Crippen LogP contribution in [0.3, 0.4) is 0 Å². The lowest BCUT2D eigenvalue weighted by atomic mass is 9.44. The highest BCUT2D eigenvalue weighted by Gasteiger charge is 2.71. The van der Waals surface area contributed by atoms with E-state index in [9.17, 15) is 24.3 Å². The number of nitriles is 1. The highest BCUT2D eigenvalue weighted by molar-refractivity contribution is 8.14. The van der Waals surface area contributed by atoms with Crippen LogP contribution in [-0.4, -0.2) is 44.8 Å². The number of ether oxygens (including phenoxy) is 1. The van der Waals surface area contributed by atoms with E-state index in [1.165, 1.54) is 36.4 Å². The quantitative estimate of drug-likeness (QED) is 0.217. The molecule has 4 aliphatic carbocycles. The zero-order valence-electron chi connectivity index (χ0n) is 25.6.